The molecule has 2 heterocycles. The molecular formula is C20H27N3O4S2. The number of hydrogen-bond acceptors (Lipinski definition) is 6. The molecular weight excluding hydrogens is 410 g/mol. The standard InChI is InChI=1S/C20H27N3O4S2/c1-15(2)19(21-29(25,26)18-9-6-14-28-18)20(24)23-12-10-22(11-13-23)16-7-4-5-8-17(16)27-3/h4-9,14-15,19,21H,10-13H2,1-3H3/t19-/m1/s1. The van der Waals surface area contributed by atoms with E-state index >= 15 is 0 Å². The topological polar surface area (TPSA) is 79.0 Å². The second-order valence-electron chi connectivity index (χ2n) is 7.26. The van der Waals surface area contributed by atoms with Crippen molar-refractivity contribution in [3.63, 3.8) is 0 Å². The van der Waals surface area contributed by atoms with Crippen LogP contribution in [0.2, 0.25) is 0 Å². The minimum Gasteiger partial charge on any atom is -0.495 e. The van der Waals surface area contributed by atoms with E-state index in [-0.39, 0.29) is 16.0 Å². The molecule has 7 nitrogen and oxygen atoms in total. The van der Waals surface area contributed by atoms with Crippen molar-refractivity contribution in [3.05, 3.63) is 41.8 Å². The smallest absolute Gasteiger partial charge is 0.250 e. The average Bonchev–Trinajstić information content (AvgIpc) is 3.27. The van der Waals surface area contributed by atoms with E-state index in [9.17, 15) is 13.2 Å². The van der Waals surface area contributed by atoms with E-state index in [0.29, 0.717) is 26.2 Å². The molecule has 1 saturated heterocycles. The number of nitrogens with one attached hydrogen (secondary N) is 1. The van der Waals surface area contributed by atoms with E-state index in [2.05, 4.69) is 9.62 Å². The largest absolute Gasteiger partial charge is 0.495 e. The normalized spacial score (nSPS) is 16.1. The molecule has 0 aliphatic carbocycles. The molecule has 1 aromatic carbocycles. The lowest BCUT2D eigenvalue weighted by molar-refractivity contribution is -0.134. The average molecular weight is 438 g/mol. The molecule has 0 unspecified atom stereocenters. The van der Waals surface area contributed by atoms with Crippen LogP contribution in [0, 0.1) is 5.92 Å². The summed E-state index contributed by atoms with van der Waals surface area (Å²) in [4.78, 5) is 17.0. The summed E-state index contributed by atoms with van der Waals surface area (Å²) in [5, 5.41) is 1.71. The fraction of sp³-hybridized carbons (Fsp3) is 0.450. The van der Waals surface area contributed by atoms with Crippen LogP contribution in [-0.4, -0.2) is 58.6 Å². The number of amides is 1. The Balaban J connectivity index is 1.68. The Kier molecular flexibility index (Phi) is 6.81. The molecule has 2 aromatic rings. The van der Waals surface area contributed by atoms with Crippen molar-refractivity contribution in [3.8, 4) is 5.75 Å². The van der Waals surface area contributed by atoms with E-state index in [4.69, 9.17) is 4.74 Å². The molecule has 158 valence electrons. The summed E-state index contributed by atoms with van der Waals surface area (Å²) in [6.07, 6.45) is 0. The van der Waals surface area contributed by atoms with Gasteiger partial charge in [0.05, 0.1) is 12.8 Å². The van der Waals surface area contributed by atoms with Crippen LogP contribution >= 0.6 is 11.3 Å². The number of sulfonamides is 1. The Labute approximate surface area is 176 Å². The lowest BCUT2D eigenvalue weighted by Crippen LogP contribution is -2.56. The van der Waals surface area contributed by atoms with E-state index < -0.39 is 16.1 Å². The summed E-state index contributed by atoms with van der Waals surface area (Å²) in [6, 6.07) is 10.2. The zero-order valence-corrected chi connectivity index (χ0v) is 18.5. The molecule has 29 heavy (non-hydrogen) atoms. The highest BCUT2D eigenvalue weighted by Gasteiger charge is 2.33. The number of rotatable bonds is 7. The zero-order valence-electron chi connectivity index (χ0n) is 16.9. The molecule has 1 aliphatic rings. The number of anilines is 1. The second kappa shape index (κ2) is 9.15. The van der Waals surface area contributed by atoms with Gasteiger partial charge in [-0.3, -0.25) is 4.79 Å². The third-order valence-electron chi connectivity index (χ3n) is 4.99. The van der Waals surface area contributed by atoms with E-state index in [0.717, 1.165) is 22.8 Å². The molecule has 0 saturated carbocycles. The summed E-state index contributed by atoms with van der Waals surface area (Å²) in [5.74, 6) is 0.459. The van der Waals surface area contributed by atoms with Gasteiger partial charge in [-0.15, -0.1) is 11.3 Å². The van der Waals surface area contributed by atoms with Gasteiger partial charge < -0.3 is 14.5 Å². The summed E-state index contributed by atoms with van der Waals surface area (Å²) in [6.45, 7) is 6.08. The maximum atomic E-state index is 13.1. The monoisotopic (exact) mass is 437 g/mol. The first kappa shape index (κ1) is 21.6. The molecule has 1 aliphatic heterocycles. The van der Waals surface area contributed by atoms with E-state index in [1.54, 1.807) is 29.5 Å². The fourth-order valence-corrected chi connectivity index (χ4v) is 5.72. The Morgan fingerprint density at radius 2 is 1.79 bits per heavy atom. The van der Waals surface area contributed by atoms with Crippen LogP contribution in [0.5, 0.6) is 5.75 Å². The van der Waals surface area contributed by atoms with E-state index in [1.165, 1.54) is 0 Å². The number of methoxy groups -OCH3 is 1. The number of para-hydroxylation sites is 2. The number of hydrogen-bond donors (Lipinski definition) is 1. The van der Waals surface area contributed by atoms with Gasteiger partial charge in [0.15, 0.2) is 0 Å². The van der Waals surface area contributed by atoms with Gasteiger partial charge in [-0.25, -0.2) is 8.42 Å². The second-order valence-corrected chi connectivity index (χ2v) is 10.1. The van der Waals surface area contributed by atoms with Gasteiger partial charge in [-0.2, -0.15) is 4.72 Å². The Bertz CT molecular complexity index is 921. The van der Waals surface area contributed by atoms with E-state index in [1.807, 2.05) is 38.1 Å². The van der Waals surface area contributed by atoms with Crippen LogP contribution in [0.3, 0.4) is 0 Å². The highest BCUT2D eigenvalue weighted by atomic mass is 32.2. The molecule has 0 radical (unpaired) electrons. The van der Waals surface area contributed by atoms with Gasteiger partial charge in [0.1, 0.15) is 16.0 Å². The van der Waals surface area contributed by atoms with Crippen molar-refractivity contribution in [2.75, 3.05) is 38.2 Å². The highest BCUT2D eigenvalue weighted by molar-refractivity contribution is 7.91. The predicted molar refractivity (Wildman–Crippen MR) is 115 cm³/mol. The lowest BCUT2D eigenvalue weighted by Gasteiger charge is -2.38. The number of ether oxygens (including phenoxy) is 1. The van der Waals surface area contributed by atoms with Gasteiger partial charge in [-0.05, 0) is 29.5 Å². The Morgan fingerprint density at radius 3 is 2.38 bits per heavy atom. The van der Waals surface area contributed by atoms with Crippen LogP contribution in [-0.2, 0) is 14.8 Å². The van der Waals surface area contributed by atoms with Crippen molar-refractivity contribution >= 4 is 33.0 Å². The first-order valence-corrected chi connectivity index (χ1v) is 11.9. The van der Waals surface area contributed by atoms with Crippen LogP contribution in [0.4, 0.5) is 5.69 Å². The van der Waals surface area contributed by atoms with Gasteiger partial charge in [0, 0.05) is 26.2 Å². The highest BCUT2D eigenvalue weighted by Crippen LogP contribution is 2.28. The molecule has 3 rings (SSSR count). The molecule has 1 aromatic heterocycles. The first-order valence-electron chi connectivity index (χ1n) is 9.56. The Hall–Kier alpha value is -2.10. The minimum absolute atomic E-state index is 0.163. The quantitative estimate of drug-likeness (QED) is 0.720. The molecule has 1 atom stereocenters. The van der Waals surface area contributed by atoms with Crippen LogP contribution in [0.15, 0.2) is 46.0 Å². The van der Waals surface area contributed by atoms with Crippen molar-refractivity contribution in [1.82, 2.24) is 9.62 Å². The maximum Gasteiger partial charge on any atom is 0.250 e. The number of nitrogens with zero attached hydrogens (tertiary/aromatic N) is 2. The molecule has 1 N–H and O–H groups in total. The molecule has 1 amide bonds. The maximum absolute atomic E-state index is 13.1. The third-order valence-corrected chi connectivity index (χ3v) is 7.83. The van der Waals surface area contributed by atoms with Gasteiger partial charge in [0.2, 0.25) is 5.91 Å². The summed E-state index contributed by atoms with van der Waals surface area (Å²) >= 11 is 1.14. The molecule has 9 heteroatoms. The Morgan fingerprint density at radius 1 is 1.10 bits per heavy atom. The summed E-state index contributed by atoms with van der Waals surface area (Å²) in [7, 11) is -2.07. The molecule has 0 spiro atoms. The zero-order chi connectivity index (χ0) is 21.0. The fourth-order valence-electron chi connectivity index (χ4n) is 3.37. The number of benzene rings is 1. The molecule has 0 bridgehead atoms. The molecule has 1 fully saturated rings. The third kappa shape index (κ3) is 4.91. The SMILES string of the molecule is COc1ccccc1N1CCN(C(=O)[C@H](NS(=O)(=O)c2cccs2)C(C)C)CC1. The van der Waals surface area contributed by atoms with Crippen molar-refractivity contribution < 1.29 is 17.9 Å². The minimum atomic E-state index is -3.71. The number of thiophene rings is 1. The van der Waals surface area contributed by atoms with Crippen molar-refractivity contribution in [2.45, 2.75) is 24.1 Å². The number of piperazine rings is 1. The van der Waals surface area contributed by atoms with Gasteiger partial charge in [0.25, 0.3) is 10.0 Å². The first-order chi connectivity index (χ1) is 13.8. The summed E-state index contributed by atoms with van der Waals surface area (Å²) in [5.41, 5.74) is 1.00. The number of carbonyl (C=O) groups is 1. The van der Waals surface area contributed by atoms with Crippen molar-refractivity contribution in [1.29, 1.82) is 0 Å². The van der Waals surface area contributed by atoms with Crippen LogP contribution in [0.1, 0.15) is 13.8 Å². The summed E-state index contributed by atoms with van der Waals surface area (Å²) < 4.78 is 33.5. The van der Waals surface area contributed by atoms with Crippen molar-refractivity contribution in [2.24, 2.45) is 5.92 Å². The lowest BCUT2D eigenvalue weighted by atomic mass is 10.0. The van der Waals surface area contributed by atoms with Gasteiger partial charge in [-0.1, -0.05) is 32.0 Å². The number of carbonyl (C=O) groups excluding carboxylic acids is 1. The van der Waals surface area contributed by atoms with Gasteiger partial charge >= 0.3 is 0 Å². The van der Waals surface area contributed by atoms with Crippen LogP contribution in [0.25, 0.3) is 0 Å². The predicted octanol–water partition coefficient (Wildman–Crippen LogP) is 2.41. The van der Waals surface area contributed by atoms with Crippen LogP contribution < -0.4 is 14.4 Å².